The van der Waals surface area contributed by atoms with Crippen molar-refractivity contribution in [2.45, 2.75) is 17.2 Å². The summed E-state index contributed by atoms with van der Waals surface area (Å²) < 4.78 is 40.3. The van der Waals surface area contributed by atoms with Crippen LogP contribution in [0, 0.1) is 5.82 Å². The van der Waals surface area contributed by atoms with Gasteiger partial charge < -0.3 is 5.32 Å². The van der Waals surface area contributed by atoms with Gasteiger partial charge >= 0.3 is 0 Å². The molecule has 5 nitrogen and oxygen atoms in total. The number of aromatic nitrogens is 2. The van der Waals surface area contributed by atoms with Gasteiger partial charge in [0.05, 0.1) is 15.9 Å². The first kappa shape index (κ1) is 15.3. The van der Waals surface area contributed by atoms with E-state index in [-0.39, 0.29) is 10.8 Å². The highest BCUT2D eigenvalue weighted by Gasteiger charge is 2.26. The van der Waals surface area contributed by atoms with Crippen LogP contribution in [0.25, 0.3) is 11.0 Å². The van der Waals surface area contributed by atoms with E-state index in [1.54, 1.807) is 24.5 Å². The Bertz CT molecular complexity index is 990. The van der Waals surface area contributed by atoms with Crippen molar-refractivity contribution < 1.29 is 12.8 Å². The van der Waals surface area contributed by atoms with Crippen molar-refractivity contribution in [1.82, 2.24) is 14.3 Å². The molecule has 1 unspecified atom stereocenters. The number of fused-ring (bicyclic) bond motifs is 1. The number of hydrogen-bond acceptors (Lipinski definition) is 4. The summed E-state index contributed by atoms with van der Waals surface area (Å²) in [6.07, 6.45) is 4.28. The van der Waals surface area contributed by atoms with Crippen LogP contribution in [0.2, 0.25) is 0 Å². The minimum atomic E-state index is -3.80. The largest absolute Gasteiger partial charge is 0.316 e. The van der Waals surface area contributed by atoms with Crippen LogP contribution >= 0.6 is 0 Å². The molecule has 1 atom stereocenters. The molecule has 0 saturated carbocycles. The first-order chi connectivity index (χ1) is 11.6. The van der Waals surface area contributed by atoms with Gasteiger partial charge in [0, 0.05) is 30.4 Å². The molecule has 0 spiro atoms. The topological polar surface area (TPSA) is 64.0 Å². The average Bonchev–Trinajstić information content (AvgIpc) is 3.23. The maximum atomic E-state index is 13.1. The fourth-order valence-corrected chi connectivity index (χ4v) is 4.56. The monoisotopic (exact) mass is 345 g/mol. The standard InChI is InChI=1S/C17H16FN3O2S/c18-13-3-5-14(6-4-13)24(22,23)21-11-15(12-7-9-19-10-12)17-16(21)2-1-8-20-17/h1-6,8,11-12,19H,7,9-10H2. The van der Waals surface area contributed by atoms with Crippen molar-refractivity contribution in [3.63, 3.8) is 0 Å². The second kappa shape index (κ2) is 5.68. The lowest BCUT2D eigenvalue weighted by molar-refractivity contribution is 0.587. The molecule has 1 saturated heterocycles. The predicted molar refractivity (Wildman–Crippen MR) is 88.9 cm³/mol. The molecule has 1 aliphatic rings. The number of nitrogens with one attached hydrogen (secondary N) is 1. The Morgan fingerprint density at radius 1 is 1.21 bits per heavy atom. The number of hydrogen-bond donors (Lipinski definition) is 1. The Kier molecular flexibility index (Phi) is 3.62. The molecular weight excluding hydrogens is 329 g/mol. The Labute approximate surface area is 139 Å². The van der Waals surface area contributed by atoms with Gasteiger partial charge in [-0.1, -0.05) is 0 Å². The fourth-order valence-electron chi connectivity index (χ4n) is 3.19. The van der Waals surface area contributed by atoms with E-state index in [9.17, 15) is 12.8 Å². The van der Waals surface area contributed by atoms with E-state index in [0.717, 1.165) is 37.2 Å². The van der Waals surface area contributed by atoms with Gasteiger partial charge in [0.1, 0.15) is 5.82 Å². The molecule has 2 aromatic heterocycles. The second-order valence-electron chi connectivity index (χ2n) is 5.90. The molecule has 24 heavy (non-hydrogen) atoms. The van der Waals surface area contributed by atoms with Gasteiger partial charge in [-0.05, 0) is 49.4 Å². The van der Waals surface area contributed by atoms with Crippen LogP contribution in [0.5, 0.6) is 0 Å². The number of pyridine rings is 1. The van der Waals surface area contributed by atoms with Crippen LogP contribution in [0.1, 0.15) is 17.9 Å². The van der Waals surface area contributed by atoms with Gasteiger partial charge in [0.15, 0.2) is 0 Å². The highest BCUT2D eigenvalue weighted by Crippen LogP contribution is 2.32. The van der Waals surface area contributed by atoms with Crippen LogP contribution in [0.15, 0.2) is 53.7 Å². The lowest BCUT2D eigenvalue weighted by Crippen LogP contribution is -2.12. The average molecular weight is 345 g/mol. The van der Waals surface area contributed by atoms with E-state index in [2.05, 4.69) is 10.3 Å². The van der Waals surface area contributed by atoms with Crippen molar-refractivity contribution >= 4 is 21.1 Å². The summed E-state index contributed by atoms with van der Waals surface area (Å²) in [4.78, 5) is 4.45. The third-order valence-corrected chi connectivity index (χ3v) is 6.11. The third kappa shape index (κ3) is 2.40. The number of halogens is 1. The summed E-state index contributed by atoms with van der Waals surface area (Å²) in [7, 11) is -3.80. The quantitative estimate of drug-likeness (QED) is 0.792. The fraction of sp³-hybridized carbons (Fsp3) is 0.235. The van der Waals surface area contributed by atoms with Gasteiger partial charge in [-0.25, -0.2) is 16.8 Å². The van der Waals surface area contributed by atoms with Crippen LogP contribution in [-0.4, -0.2) is 30.5 Å². The third-order valence-electron chi connectivity index (χ3n) is 4.42. The molecule has 1 aliphatic heterocycles. The van der Waals surface area contributed by atoms with Gasteiger partial charge in [0.25, 0.3) is 10.0 Å². The first-order valence-corrected chi connectivity index (χ1v) is 9.19. The summed E-state index contributed by atoms with van der Waals surface area (Å²) in [5, 5.41) is 3.29. The van der Waals surface area contributed by atoms with Crippen molar-refractivity contribution in [3.05, 3.63) is 60.2 Å². The molecule has 124 valence electrons. The number of rotatable bonds is 3. The predicted octanol–water partition coefficient (Wildman–Crippen LogP) is 2.49. The Morgan fingerprint density at radius 2 is 2.00 bits per heavy atom. The zero-order valence-electron chi connectivity index (χ0n) is 12.8. The zero-order valence-corrected chi connectivity index (χ0v) is 13.6. The van der Waals surface area contributed by atoms with Crippen LogP contribution in [-0.2, 0) is 10.0 Å². The number of benzene rings is 1. The first-order valence-electron chi connectivity index (χ1n) is 7.75. The molecule has 0 radical (unpaired) electrons. The molecule has 0 aliphatic carbocycles. The second-order valence-corrected chi connectivity index (χ2v) is 7.72. The summed E-state index contributed by atoms with van der Waals surface area (Å²) in [6, 6.07) is 8.33. The molecular formula is C17H16FN3O2S. The summed E-state index contributed by atoms with van der Waals surface area (Å²) >= 11 is 0. The molecule has 3 heterocycles. The normalized spacial score (nSPS) is 18.3. The van der Waals surface area contributed by atoms with Crippen molar-refractivity contribution in [2.75, 3.05) is 13.1 Å². The van der Waals surface area contributed by atoms with E-state index < -0.39 is 15.8 Å². The van der Waals surface area contributed by atoms with E-state index in [1.165, 1.54) is 16.1 Å². The molecule has 7 heteroatoms. The van der Waals surface area contributed by atoms with Crippen LogP contribution in [0.4, 0.5) is 4.39 Å². The SMILES string of the molecule is O=S(=O)(c1ccc(F)cc1)n1cc(C2CCNC2)c2ncccc21. The molecule has 3 aromatic rings. The molecule has 0 bridgehead atoms. The molecule has 1 fully saturated rings. The molecule has 1 N–H and O–H groups in total. The van der Waals surface area contributed by atoms with Crippen molar-refractivity contribution in [1.29, 1.82) is 0 Å². The maximum absolute atomic E-state index is 13.1. The Hall–Kier alpha value is -2.25. The molecule has 0 amide bonds. The lowest BCUT2D eigenvalue weighted by atomic mass is 10.0. The van der Waals surface area contributed by atoms with E-state index >= 15 is 0 Å². The van der Waals surface area contributed by atoms with Crippen molar-refractivity contribution in [2.24, 2.45) is 0 Å². The Balaban J connectivity index is 1.91. The summed E-state index contributed by atoms with van der Waals surface area (Å²) in [5.41, 5.74) is 2.18. The summed E-state index contributed by atoms with van der Waals surface area (Å²) in [5.74, 6) is -0.224. The van der Waals surface area contributed by atoms with Gasteiger partial charge in [-0.3, -0.25) is 4.98 Å². The van der Waals surface area contributed by atoms with Gasteiger partial charge in [-0.15, -0.1) is 0 Å². The maximum Gasteiger partial charge on any atom is 0.268 e. The van der Waals surface area contributed by atoms with Crippen LogP contribution < -0.4 is 5.32 Å². The smallest absolute Gasteiger partial charge is 0.268 e. The Morgan fingerprint density at radius 3 is 2.71 bits per heavy atom. The minimum absolute atomic E-state index is 0.0563. The van der Waals surface area contributed by atoms with Gasteiger partial charge in [-0.2, -0.15) is 0 Å². The minimum Gasteiger partial charge on any atom is -0.316 e. The van der Waals surface area contributed by atoms with Gasteiger partial charge in [0.2, 0.25) is 0 Å². The lowest BCUT2D eigenvalue weighted by Gasteiger charge is -2.07. The molecule has 1 aromatic carbocycles. The zero-order chi connectivity index (χ0) is 16.7. The van der Waals surface area contributed by atoms with E-state index in [1.807, 2.05) is 0 Å². The number of nitrogens with zero attached hydrogens (tertiary/aromatic N) is 2. The van der Waals surface area contributed by atoms with E-state index in [0.29, 0.717) is 11.0 Å². The molecule has 4 rings (SSSR count). The van der Waals surface area contributed by atoms with Crippen LogP contribution in [0.3, 0.4) is 0 Å². The highest BCUT2D eigenvalue weighted by molar-refractivity contribution is 7.90. The van der Waals surface area contributed by atoms with E-state index in [4.69, 9.17) is 0 Å². The summed E-state index contributed by atoms with van der Waals surface area (Å²) in [6.45, 7) is 1.72. The van der Waals surface area contributed by atoms with Crippen molar-refractivity contribution in [3.8, 4) is 0 Å². The highest BCUT2D eigenvalue weighted by atomic mass is 32.2.